The van der Waals surface area contributed by atoms with Crippen LogP contribution in [-0.4, -0.2) is 22.6 Å². The van der Waals surface area contributed by atoms with Gasteiger partial charge in [-0.05, 0) is 29.7 Å². The van der Waals surface area contributed by atoms with E-state index >= 15 is 0 Å². The lowest BCUT2D eigenvalue weighted by Gasteiger charge is -2.25. The molecule has 0 atom stereocenters. The number of aromatic nitrogens is 2. The lowest BCUT2D eigenvalue weighted by atomic mass is 10.1. The highest BCUT2D eigenvalue weighted by Crippen LogP contribution is 2.22. The van der Waals surface area contributed by atoms with Crippen molar-refractivity contribution in [3.05, 3.63) is 92.1 Å². The summed E-state index contributed by atoms with van der Waals surface area (Å²) in [5.41, 5.74) is 7.12. The van der Waals surface area contributed by atoms with Gasteiger partial charge >= 0.3 is 5.69 Å². The van der Waals surface area contributed by atoms with Crippen molar-refractivity contribution in [1.82, 2.24) is 9.55 Å². The highest BCUT2D eigenvalue weighted by Gasteiger charge is 2.25. The maximum atomic E-state index is 13.5. The molecule has 0 radical (unpaired) electrons. The van der Waals surface area contributed by atoms with Gasteiger partial charge in [0, 0.05) is 19.2 Å². The number of nitrogens with zero attached hydrogens (tertiary/aromatic N) is 2. The molecule has 0 aliphatic carbocycles. The van der Waals surface area contributed by atoms with E-state index in [-0.39, 0.29) is 18.1 Å². The quantitative estimate of drug-likeness (QED) is 0.536. The summed E-state index contributed by atoms with van der Waals surface area (Å²) in [4.78, 5) is 42.4. The maximum Gasteiger partial charge on any atom is 0.330 e. The molecular formula is C24H28N4O4. The summed E-state index contributed by atoms with van der Waals surface area (Å²) in [5, 5.41) is 0. The number of hydrogen-bond acceptors (Lipinski definition) is 5. The average Bonchev–Trinajstić information content (AvgIpc) is 2.79. The molecule has 32 heavy (non-hydrogen) atoms. The Bertz CT molecular complexity index is 1170. The zero-order valence-electron chi connectivity index (χ0n) is 18.3. The van der Waals surface area contributed by atoms with Gasteiger partial charge in [-0.25, -0.2) is 4.79 Å². The predicted octanol–water partition coefficient (Wildman–Crippen LogP) is 2.91. The number of unbranched alkanes of at least 4 members (excludes halogenated alkanes) is 1. The Labute approximate surface area is 186 Å². The van der Waals surface area contributed by atoms with E-state index in [9.17, 15) is 14.4 Å². The zero-order chi connectivity index (χ0) is 23.1. The van der Waals surface area contributed by atoms with Gasteiger partial charge in [-0.2, -0.15) is 0 Å². The molecule has 0 saturated carbocycles. The van der Waals surface area contributed by atoms with Gasteiger partial charge in [0.2, 0.25) is 0 Å². The Kier molecular flexibility index (Phi) is 7.62. The number of hydrogen-bond donors (Lipinski definition) is 2. The number of H-pyrrole nitrogens is 1. The molecular weight excluding hydrogens is 408 g/mol. The number of nitrogen functional groups attached to an aromatic ring is 1. The molecule has 0 unspecified atom stereocenters. The standard InChI is InChI=1S/C24H28N4O4/c1-3-4-14-27-21(25)20(22(29)26-24(27)31)28(15-17-8-6-5-7-9-17)23(30)19-12-10-18(11-13-19)16-32-2/h5-13H,3-4,14-16,25H2,1-2H3,(H,26,29,31). The number of methoxy groups -OCH3 is 1. The summed E-state index contributed by atoms with van der Waals surface area (Å²) in [6.45, 7) is 2.90. The van der Waals surface area contributed by atoms with E-state index < -0.39 is 17.2 Å². The highest BCUT2D eigenvalue weighted by molar-refractivity contribution is 6.07. The number of rotatable bonds is 9. The fraction of sp³-hybridized carbons (Fsp3) is 0.292. The van der Waals surface area contributed by atoms with Crippen molar-refractivity contribution in [2.45, 2.75) is 39.5 Å². The Balaban J connectivity index is 2.10. The minimum atomic E-state index is -0.694. The summed E-state index contributed by atoms with van der Waals surface area (Å²) in [7, 11) is 1.60. The number of aromatic amines is 1. The van der Waals surface area contributed by atoms with Crippen LogP contribution in [0, 0.1) is 0 Å². The van der Waals surface area contributed by atoms with Gasteiger partial charge in [-0.1, -0.05) is 55.8 Å². The van der Waals surface area contributed by atoms with E-state index in [2.05, 4.69) is 4.98 Å². The van der Waals surface area contributed by atoms with Crippen molar-refractivity contribution >= 4 is 17.4 Å². The number of ether oxygens (including phenoxy) is 1. The molecule has 0 aliphatic rings. The monoisotopic (exact) mass is 436 g/mol. The van der Waals surface area contributed by atoms with Crippen LogP contribution in [-0.2, 0) is 24.4 Å². The molecule has 0 saturated heterocycles. The van der Waals surface area contributed by atoms with Crippen LogP contribution in [0.15, 0.2) is 64.2 Å². The molecule has 1 heterocycles. The van der Waals surface area contributed by atoms with Gasteiger partial charge in [0.25, 0.3) is 11.5 Å². The van der Waals surface area contributed by atoms with Gasteiger partial charge in [-0.15, -0.1) is 0 Å². The Morgan fingerprint density at radius 3 is 2.38 bits per heavy atom. The third kappa shape index (κ3) is 5.15. The summed E-state index contributed by atoms with van der Waals surface area (Å²) >= 11 is 0. The predicted molar refractivity (Wildman–Crippen MR) is 125 cm³/mol. The second-order valence-electron chi connectivity index (χ2n) is 7.51. The Hall–Kier alpha value is -3.65. The SMILES string of the molecule is CCCCn1c(N)c(N(Cc2ccccc2)C(=O)c2ccc(COC)cc2)c(=O)[nH]c1=O. The Morgan fingerprint density at radius 2 is 1.75 bits per heavy atom. The van der Waals surface area contributed by atoms with Crippen molar-refractivity contribution in [2.24, 2.45) is 0 Å². The highest BCUT2D eigenvalue weighted by atomic mass is 16.5. The van der Waals surface area contributed by atoms with Gasteiger partial charge < -0.3 is 10.5 Å². The normalized spacial score (nSPS) is 10.8. The molecule has 0 aliphatic heterocycles. The molecule has 8 heteroatoms. The fourth-order valence-electron chi connectivity index (χ4n) is 3.46. The number of anilines is 2. The summed E-state index contributed by atoms with van der Waals surface area (Å²) in [5.74, 6) is -0.414. The fourth-order valence-corrected chi connectivity index (χ4v) is 3.46. The number of nitrogens with two attached hydrogens (primary N) is 1. The third-order valence-corrected chi connectivity index (χ3v) is 5.16. The lowest BCUT2D eigenvalue weighted by molar-refractivity contribution is 0.0984. The number of carbonyl (C=O) groups excluding carboxylic acids is 1. The molecule has 0 bridgehead atoms. The van der Waals surface area contributed by atoms with Crippen LogP contribution in [0.25, 0.3) is 0 Å². The molecule has 8 nitrogen and oxygen atoms in total. The lowest BCUT2D eigenvalue weighted by Crippen LogP contribution is -2.41. The molecule has 2 aromatic carbocycles. The number of nitrogens with one attached hydrogen (secondary N) is 1. The second kappa shape index (κ2) is 10.6. The molecule has 0 spiro atoms. The first-order valence-electron chi connectivity index (χ1n) is 10.5. The summed E-state index contributed by atoms with van der Waals surface area (Å²) in [6.07, 6.45) is 1.56. The largest absolute Gasteiger partial charge is 0.383 e. The second-order valence-corrected chi connectivity index (χ2v) is 7.51. The van der Waals surface area contributed by atoms with E-state index in [1.54, 1.807) is 31.4 Å². The van der Waals surface area contributed by atoms with E-state index in [1.807, 2.05) is 37.3 Å². The van der Waals surface area contributed by atoms with Crippen molar-refractivity contribution in [2.75, 3.05) is 17.7 Å². The topological polar surface area (TPSA) is 110 Å². The number of carbonyl (C=O) groups is 1. The first-order chi connectivity index (χ1) is 15.5. The molecule has 0 fully saturated rings. The third-order valence-electron chi connectivity index (χ3n) is 5.16. The molecule has 3 N–H and O–H groups in total. The smallest absolute Gasteiger partial charge is 0.330 e. The van der Waals surface area contributed by atoms with Gasteiger partial charge in [0.1, 0.15) is 5.82 Å². The average molecular weight is 437 g/mol. The van der Waals surface area contributed by atoms with Crippen molar-refractivity contribution in [3.63, 3.8) is 0 Å². The summed E-state index contributed by atoms with van der Waals surface area (Å²) < 4.78 is 6.44. The van der Waals surface area contributed by atoms with Crippen molar-refractivity contribution in [3.8, 4) is 0 Å². The van der Waals surface area contributed by atoms with Gasteiger partial charge in [-0.3, -0.25) is 24.0 Å². The van der Waals surface area contributed by atoms with Crippen LogP contribution < -0.4 is 21.9 Å². The minimum Gasteiger partial charge on any atom is -0.383 e. The number of amides is 1. The maximum absolute atomic E-state index is 13.5. The minimum absolute atomic E-state index is 0.0208. The zero-order valence-corrected chi connectivity index (χ0v) is 18.3. The van der Waals surface area contributed by atoms with Crippen LogP contribution in [0.3, 0.4) is 0 Å². The van der Waals surface area contributed by atoms with Gasteiger partial charge in [0.15, 0.2) is 5.69 Å². The molecule has 1 amide bonds. The first-order valence-corrected chi connectivity index (χ1v) is 10.5. The molecule has 3 rings (SSSR count). The van der Waals surface area contributed by atoms with Crippen molar-refractivity contribution in [1.29, 1.82) is 0 Å². The number of benzene rings is 2. The first kappa shape index (κ1) is 23.0. The van der Waals surface area contributed by atoms with E-state index in [0.717, 1.165) is 17.5 Å². The van der Waals surface area contributed by atoms with Crippen LogP contribution in [0.2, 0.25) is 0 Å². The van der Waals surface area contributed by atoms with E-state index in [1.165, 1.54) is 9.47 Å². The van der Waals surface area contributed by atoms with Crippen LogP contribution in [0.5, 0.6) is 0 Å². The van der Waals surface area contributed by atoms with Crippen LogP contribution in [0.4, 0.5) is 11.5 Å². The molecule has 168 valence electrons. The summed E-state index contributed by atoms with van der Waals surface area (Å²) in [6, 6.07) is 16.3. The molecule has 3 aromatic rings. The van der Waals surface area contributed by atoms with Crippen LogP contribution in [0.1, 0.15) is 41.3 Å². The molecule has 1 aromatic heterocycles. The van der Waals surface area contributed by atoms with E-state index in [4.69, 9.17) is 10.5 Å². The van der Waals surface area contributed by atoms with Crippen molar-refractivity contribution < 1.29 is 9.53 Å². The Morgan fingerprint density at radius 1 is 1.06 bits per heavy atom. The van der Waals surface area contributed by atoms with Gasteiger partial charge in [0.05, 0.1) is 13.2 Å². The van der Waals surface area contributed by atoms with Crippen LogP contribution >= 0.6 is 0 Å². The van der Waals surface area contributed by atoms with E-state index in [0.29, 0.717) is 25.1 Å².